The van der Waals surface area contributed by atoms with Crippen LogP contribution in [0.15, 0.2) is 27.3 Å². The summed E-state index contributed by atoms with van der Waals surface area (Å²) >= 11 is 12.9. The Labute approximate surface area is 137 Å². The molecule has 1 aromatic carbocycles. The van der Waals surface area contributed by atoms with Crippen LogP contribution in [0.5, 0.6) is 0 Å². The quantitative estimate of drug-likeness (QED) is 0.656. The van der Waals surface area contributed by atoms with Gasteiger partial charge in [-0.15, -0.1) is 0 Å². The number of carbonyl (C=O) groups is 1. The Morgan fingerprint density at radius 2 is 1.90 bits per heavy atom. The number of aromatic nitrogens is 1. The van der Waals surface area contributed by atoms with E-state index >= 15 is 0 Å². The molecule has 0 radical (unpaired) electrons. The van der Waals surface area contributed by atoms with Crippen LogP contribution in [0.2, 0.25) is 5.02 Å². The molecule has 3 nitrogen and oxygen atoms in total. The number of hydrogen-bond acceptors (Lipinski definition) is 3. The number of ketones is 1. The molecule has 0 spiro atoms. The highest BCUT2D eigenvalue weighted by molar-refractivity contribution is 9.11. The Morgan fingerprint density at radius 1 is 1.20 bits per heavy atom. The molecular weight excluding hydrogens is 407 g/mol. The van der Waals surface area contributed by atoms with Crippen LogP contribution in [0, 0.1) is 0 Å². The normalized spacial score (nSPS) is 13.7. The molecule has 1 aliphatic rings. The molecule has 1 aliphatic carbocycles. The first kappa shape index (κ1) is 14.0. The molecule has 0 amide bonds. The summed E-state index contributed by atoms with van der Waals surface area (Å²) in [6, 6.07) is 3.71. The van der Waals surface area contributed by atoms with E-state index in [4.69, 9.17) is 17.3 Å². The van der Waals surface area contributed by atoms with E-state index in [1.807, 2.05) is 6.07 Å². The molecule has 1 aromatic heterocycles. The number of nitrogen functional groups attached to an aromatic ring is 1. The van der Waals surface area contributed by atoms with Crippen molar-refractivity contribution < 1.29 is 4.79 Å². The van der Waals surface area contributed by atoms with Crippen molar-refractivity contribution in [1.29, 1.82) is 0 Å². The molecule has 2 N–H and O–H groups in total. The Kier molecular flexibility index (Phi) is 3.60. The van der Waals surface area contributed by atoms with E-state index in [2.05, 4.69) is 36.8 Å². The second-order valence-electron chi connectivity index (χ2n) is 4.61. The smallest absolute Gasteiger partial charge is 0.213 e. The fraction of sp³-hybridized carbons (Fsp3) is 0.143. The average Bonchev–Trinajstić information content (AvgIpc) is 2.54. The molecule has 3 rings (SSSR count). The van der Waals surface area contributed by atoms with E-state index in [0.29, 0.717) is 26.4 Å². The van der Waals surface area contributed by atoms with Crippen molar-refractivity contribution in [3.63, 3.8) is 0 Å². The second-order valence-corrected chi connectivity index (χ2v) is 6.73. The summed E-state index contributed by atoms with van der Waals surface area (Å²) in [4.78, 5) is 17.0. The van der Waals surface area contributed by atoms with Crippen LogP contribution >= 0.6 is 43.5 Å². The number of carbonyl (C=O) groups excluding carboxylic acids is 1. The highest BCUT2D eigenvalue weighted by Crippen LogP contribution is 2.37. The molecule has 102 valence electrons. The first-order valence-corrected chi connectivity index (χ1v) is 7.91. The average molecular weight is 417 g/mol. The van der Waals surface area contributed by atoms with Crippen molar-refractivity contribution in [1.82, 2.24) is 4.98 Å². The molecule has 0 bridgehead atoms. The van der Waals surface area contributed by atoms with Gasteiger partial charge in [0, 0.05) is 16.2 Å². The Morgan fingerprint density at radius 3 is 2.65 bits per heavy atom. The minimum atomic E-state index is -0.116. The topological polar surface area (TPSA) is 56.0 Å². The maximum atomic E-state index is 12.7. The standard InChI is InChI=1S/C14H9Br2ClN2O/c15-8-3-7-2-1-6-4-9(17)12(18)11(16)10(6)14(20)13(7)19-5-8/h3-5H,1-2,18H2. The van der Waals surface area contributed by atoms with Gasteiger partial charge in [0.15, 0.2) is 0 Å². The molecule has 0 saturated heterocycles. The lowest BCUT2D eigenvalue weighted by Gasteiger charge is -2.11. The lowest BCUT2D eigenvalue weighted by Crippen LogP contribution is -2.09. The predicted octanol–water partition coefficient (Wildman–Crippen LogP) is 4.17. The van der Waals surface area contributed by atoms with Crippen molar-refractivity contribution in [3.8, 4) is 0 Å². The molecule has 0 unspecified atom stereocenters. The number of pyridine rings is 1. The Bertz CT molecular complexity index is 746. The van der Waals surface area contributed by atoms with Crippen molar-refractivity contribution in [2.45, 2.75) is 12.8 Å². The van der Waals surface area contributed by atoms with Crippen LogP contribution in [-0.2, 0) is 12.8 Å². The number of hydrogen-bond donors (Lipinski definition) is 1. The minimum Gasteiger partial charge on any atom is -0.397 e. The predicted molar refractivity (Wildman–Crippen MR) is 86.3 cm³/mol. The first-order valence-electron chi connectivity index (χ1n) is 5.94. The third-order valence-electron chi connectivity index (χ3n) is 3.37. The number of aryl methyl sites for hydroxylation is 2. The summed E-state index contributed by atoms with van der Waals surface area (Å²) in [5.74, 6) is -0.116. The lowest BCUT2D eigenvalue weighted by molar-refractivity contribution is 0.103. The van der Waals surface area contributed by atoms with Crippen molar-refractivity contribution in [2.75, 3.05) is 5.73 Å². The number of fused-ring (bicyclic) bond motifs is 2. The maximum absolute atomic E-state index is 12.7. The van der Waals surface area contributed by atoms with Gasteiger partial charge in [0.25, 0.3) is 0 Å². The SMILES string of the molecule is Nc1c(Cl)cc2c(c1Br)C(=O)c1ncc(Br)cc1CC2. The molecule has 6 heteroatoms. The number of anilines is 1. The summed E-state index contributed by atoms with van der Waals surface area (Å²) in [6.07, 6.45) is 3.10. The second kappa shape index (κ2) is 5.13. The van der Waals surface area contributed by atoms with Crippen LogP contribution < -0.4 is 5.73 Å². The van der Waals surface area contributed by atoms with Crippen LogP contribution in [0.4, 0.5) is 5.69 Å². The van der Waals surface area contributed by atoms with E-state index < -0.39 is 0 Å². The zero-order valence-electron chi connectivity index (χ0n) is 10.2. The third-order valence-corrected chi connectivity index (χ3v) is 4.94. The zero-order chi connectivity index (χ0) is 14.4. The van der Waals surface area contributed by atoms with Crippen molar-refractivity contribution in [3.05, 3.63) is 54.7 Å². The van der Waals surface area contributed by atoms with Gasteiger partial charge in [-0.2, -0.15) is 0 Å². The number of nitrogens with two attached hydrogens (primary N) is 1. The van der Waals surface area contributed by atoms with Gasteiger partial charge in [-0.3, -0.25) is 9.78 Å². The van der Waals surface area contributed by atoms with Crippen LogP contribution in [0.25, 0.3) is 0 Å². The molecule has 20 heavy (non-hydrogen) atoms. The highest BCUT2D eigenvalue weighted by atomic mass is 79.9. The van der Waals surface area contributed by atoms with E-state index in [-0.39, 0.29) is 5.78 Å². The molecule has 0 fully saturated rings. The molecule has 0 aliphatic heterocycles. The monoisotopic (exact) mass is 414 g/mol. The van der Waals surface area contributed by atoms with Crippen LogP contribution in [-0.4, -0.2) is 10.8 Å². The summed E-state index contributed by atoms with van der Waals surface area (Å²) < 4.78 is 1.43. The van der Waals surface area contributed by atoms with Gasteiger partial charge in [-0.1, -0.05) is 11.6 Å². The van der Waals surface area contributed by atoms with Crippen molar-refractivity contribution >= 4 is 54.9 Å². The van der Waals surface area contributed by atoms with E-state index in [1.165, 1.54) is 0 Å². The van der Waals surface area contributed by atoms with Gasteiger partial charge >= 0.3 is 0 Å². The van der Waals surface area contributed by atoms with E-state index in [9.17, 15) is 4.79 Å². The summed E-state index contributed by atoms with van der Waals surface area (Å²) in [5, 5.41) is 0.462. The lowest BCUT2D eigenvalue weighted by atomic mass is 10.0. The van der Waals surface area contributed by atoms with E-state index in [1.54, 1.807) is 12.3 Å². The number of nitrogens with zero attached hydrogens (tertiary/aromatic N) is 1. The summed E-state index contributed by atoms with van der Waals surface area (Å²) in [7, 11) is 0. The molecule has 2 aromatic rings. The maximum Gasteiger partial charge on any atom is 0.213 e. The van der Waals surface area contributed by atoms with Crippen LogP contribution in [0.1, 0.15) is 27.2 Å². The van der Waals surface area contributed by atoms with Crippen LogP contribution in [0.3, 0.4) is 0 Å². The molecule has 0 atom stereocenters. The highest BCUT2D eigenvalue weighted by Gasteiger charge is 2.26. The summed E-state index contributed by atoms with van der Waals surface area (Å²) in [6.45, 7) is 0. The molecule has 0 saturated carbocycles. The first-order chi connectivity index (χ1) is 9.49. The Balaban J connectivity index is 2.27. The van der Waals surface area contributed by atoms with Gasteiger partial charge in [-0.05, 0) is 68.0 Å². The van der Waals surface area contributed by atoms with Gasteiger partial charge < -0.3 is 5.73 Å². The molecular formula is C14H9Br2ClN2O. The number of halogens is 3. The molecule has 1 heterocycles. The van der Waals surface area contributed by atoms with Gasteiger partial charge in [0.2, 0.25) is 5.78 Å². The zero-order valence-corrected chi connectivity index (χ0v) is 14.1. The Hall–Kier alpha value is -0.910. The number of benzene rings is 1. The van der Waals surface area contributed by atoms with Gasteiger partial charge in [-0.25, -0.2) is 0 Å². The largest absolute Gasteiger partial charge is 0.397 e. The minimum absolute atomic E-state index is 0.116. The summed E-state index contributed by atoms with van der Waals surface area (Å²) in [5.41, 5.74) is 9.17. The van der Waals surface area contributed by atoms with E-state index in [0.717, 1.165) is 28.4 Å². The van der Waals surface area contributed by atoms with Gasteiger partial charge in [0.05, 0.1) is 15.2 Å². The van der Waals surface area contributed by atoms with Crippen molar-refractivity contribution in [2.24, 2.45) is 0 Å². The fourth-order valence-corrected chi connectivity index (χ4v) is 3.76. The number of rotatable bonds is 0. The fourth-order valence-electron chi connectivity index (χ4n) is 2.39. The third kappa shape index (κ3) is 2.18. The van der Waals surface area contributed by atoms with Gasteiger partial charge in [0.1, 0.15) is 5.69 Å².